The van der Waals surface area contributed by atoms with Gasteiger partial charge in [0.1, 0.15) is 18.1 Å². The van der Waals surface area contributed by atoms with E-state index in [0.29, 0.717) is 29.6 Å². The van der Waals surface area contributed by atoms with Crippen molar-refractivity contribution in [3.63, 3.8) is 0 Å². The summed E-state index contributed by atoms with van der Waals surface area (Å²) in [6.07, 6.45) is 2.14. The van der Waals surface area contributed by atoms with Crippen molar-refractivity contribution in [2.45, 2.75) is 33.0 Å². The van der Waals surface area contributed by atoms with Crippen LogP contribution in [0.1, 0.15) is 36.2 Å². The molecule has 0 saturated carbocycles. The number of esters is 1. The highest BCUT2D eigenvalue weighted by molar-refractivity contribution is 5.91. The van der Waals surface area contributed by atoms with Gasteiger partial charge in [0.2, 0.25) is 0 Å². The summed E-state index contributed by atoms with van der Waals surface area (Å²) in [7, 11) is 0. The fourth-order valence-electron chi connectivity index (χ4n) is 3.26. The first-order chi connectivity index (χ1) is 15.6. The average molecular weight is 433 g/mol. The van der Waals surface area contributed by atoms with Crippen LogP contribution in [0, 0.1) is 5.92 Å². The molecule has 0 spiro atoms. The van der Waals surface area contributed by atoms with Gasteiger partial charge in [-0.2, -0.15) is 0 Å². The Kier molecular flexibility index (Phi) is 7.20. The highest BCUT2D eigenvalue weighted by atomic mass is 16.8. The standard InChI is InChI=1S/C27H28O5/c1-3-19(2)16-20-4-6-21(7-5-20)22-8-14-25(15-9-22)32-27(28)23-10-12-24(13-11-23)30-18-31-26-17-29-26/h4-15,19,26H,3,16-18H2,1-2H3. The summed E-state index contributed by atoms with van der Waals surface area (Å²) in [6.45, 7) is 5.22. The number of carbonyl (C=O) groups is 1. The maximum absolute atomic E-state index is 12.4. The molecule has 1 saturated heterocycles. The van der Waals surface area contributed by atoms with Gasteiger partial charge in [0.05, 0.1) is 5.56 Å². The molecule has 0 aromatic heterocycles. The summed E-state index contributed by atoms with van der Waals surface area (Å²) in [6, 6.07) is 23.0. The van der Waals surface area contributed by atoms with Crippen LogP contribution in [-0.4, -0.2) is 25.7 Å². The van der Waals surface area contributed by atoms with Gasteiger partial charge in [-0.15, -0.1) is 0 Å². The molecule has 5 nitrogen and oxygen atoms in total. The van der Waals surface area contributed by atoms with E-state index >= 15 is 0 Å². The molecule has 2 atom stereocenters. The predicted molar refractivity (Wildman–Crippen MR) is 123 cm³/mol. The molecule has 0 radical (unpaired) electrons. The second kappa shape index (κ2) is 10.4. The van der Waals surface area contributed by atoms with Gasteiger partial charge >= 0.3 is 5.97 Å². The fraction of sp³-hybridized carbons (Fsp3) is 0.296. The lowest BCUT2D eigenvalue weighted by atomic mass is 9.97. The second-order valence-corrected chi connectivity index (χ2v) is 8.04. The summed E-state index contributed by atoms with van der Waals surface area (Å²) in [5, 5.41) is 0. The molecule has 3 aromatic rings. The predicted octanol–water partition coefficient (Wildman–Crippen LogP) is 5.87. The van der Waals surface area contributed by atoms with Crippen molar-refractivity contribution in [3.05, 3.63) is 83.9 Å². The molecule has 2 unspecified atom stereocenters. The molecule has 3 aromatic carbocycles. The zero-order valence-corrected chi connectivity index (χ0v) is 18.5. The van der Waals surface area contributed by atoms with Gasteiger partial charge in [-0.3, -0.25) is 0 Å². The van der Waals surface area contributed by atoms with Crippen LogP contribution in [0.2, 0.25) is 0 Å². The van der Waals surface area contributed by atoms with E-state index in [1.54, 1.807) is 24.3 Å². The van der Waals surface area contributed by atoms with E-state index in [9.17, 15) is 4.79 Å². The van der Waals surface area contributed by atoms with Gasteiger partial charge in [0.25, 0.3) is 0 Å². The first-order valence-electron chi connectivity index (χ1n) is 11.0. The van der Waals surface area contributed by atoms with E-state index in [2.05, 4.69) is 38.1 Å². The lowest BCUT2D eigenvalue weighted by Gasteiger charge is -2.10. The molecule has 0 N–H and O–H groups in total. The molecule has 0 aliphatic carbocycles. The van der Waals surface area contributed by atoms with Crippen LogP contribution in [0.3, 0.4) is 0 Å². The minimum atomic E-state index is -0.415. The lowest BCUT2D eigenvalue weighted by Crippen LogP contribution is -2.09. The Balaban J connectivity index is 1.31. The molecule has 0 bridgehead atoms. The van der Waals surface area contributed by atoms with Crippen LogP contribution in [0.4, 0.5) is 0 Å². The fourth-order valence-corrected chi connectivity index (χ4v) is 3.26. The molecule has 1 aliphatic rings. The summed E-state index contributed by atoms with van der Waals surface area (Å²) in [4.78, 5) is 12.4. The average Bonchev–Trinajstić information content (AvgIpc) is 3.65. The minimum absolute atomic E-state index is 0.112. The molecular weight excluding hydrogens is 404 g/mol. The van der Waals surface area contributed by atoms with E-state index in [0.717, 1.165) is 17.5 Å². The van der Waals surface area contributed by atoms with Crippen molar-refractivity contribution in [1.29, 1.82) is 0 Å². The number of rotatable bonds is 10. The third kappa shape index (κ3) is 6.19. The molecule has 1 aliphatic heterocycles. The minimum Gasteiger partial charge on any atom is -0.467 e. The third-order valence-corrected chi connectivity index (χ3v) is 5.51. The highest BCUT2D eigenvalue weighted by Crippen LogP contribution is 2.24. The van der Waals surface area contributed by atoms with E-state index in [-0.39, 0.29) is 13.1 Å². The Hall–Kier alpha value is -3.15. The molecule has 5 heteroatoms. The molecule has 166 valence electrons. The van der Waals surface area contributed by atoms with Crippen molar-refractivity contribution in [3.8, 4) is 22.6 Å². The van der Waals surface area contributed by atoms with Crippen molar-refractivity contribution in [1.82, 2.24) is 0 Å². The zero-order valence-electron chi connectivity index (χ0n) is 18.5. The Bertz CT molecular complexity index is 1010. The van der Waals surface area contributed by atoms with Crippen molar-refractivity contribution in [2.24, 2.45) is 5.92 Å². The number of benzene rings is 3. The Morgan fingerprint density at radius 1 is 0.938 bits per heavy atom. The largest absolute Gasteiger partial charge is 0.467 e. The molecule has 32 heavy (non-hydrogen) atoms. The second-order valence-electron chi connectivity index (χ2n) is 8.04. The zero-order chi connectivity index (χ0) is 22.3. The number of hydrogen-bond donors (Lipinski definition) is 0. The first-order valence-corrected chi connectivity index (χ1v) is 11.0. The van der Waals surface area contributed by atoms with E-state index < -0.39 is 5.97 Å². The number of hydrogen-bond acceptors (Lipinski definition) is 5. The summed E-state index contributed by atoms with van der Waals surface area (Å²) in [5.74, 6) is 1.39. The van der Waals surface area contributed by atoms with Crippen LogP contribution in [-0.2, 0) is 15.9 Å². The third-order valence-electron chi connectivity index (χ3n) is 5.51. The van der Waals surface area contributed by atoms with Crippen LogP contribution in [0.25, 0.3) is 11.1 Å². The molecule has 1 heterocycles. The molecular formula is C27H28O5. The van der Waals surface area contributed by atoms with Crippen molar-refractivity contribution in [2.75, 3.05) is 13.4 Å². The van der Waals surface area contributed by atoms with E-state index in [4.69, 9.17) is 18.9 Å². The SMILES string of the molecule is CCC(C)Cc1ccc(-c2ccc(OC(=O)c3ccc(OCOC4CO4)cc3)cc2)cc1. The van der Waals surface area contributed by atoms with Crippen LogP contribution >= 0.6 is 0 Å². The van der Waals surface area contributed by atoms with Gasteiger partial charge in [-0.1, -0.05) is 56.7 Å². The number of ether oxygens (including phenoxy) is 4. The Morgan fingerprint density at radius 3 is 2.12 bits per heavy atom. The Morgan fingerprint density at radius 2 is 1.53 bits per heavy atom. The van der Waals surface area contributed by atoms with Gasteiger partial charge in [0.15, 0.2) is 13.1 Å². The summed E-state index contributed by atoms with van der Waals surface area (Å²) < 4.78 is 21.1. The summed E-state index contributed by atoms with van der Waals surface area (Å²) in [5.41, 5.74) is 4.03. The van der Waals surface area contributed by atoms with Gasteiger partial charge in [-0.05, 0) is 65.4 Å². The maximum atomic E-state index is 12.4. The normalized spacial score (nSPS) is 15.8. The van der Waals surface area contributed by atoms with Crippen molar-refractivity contribution >= 4 is 5.97 Å². The lowest BCUT2D eigenvalue weighted by molar-refractivity contribution is -0.0340. The van der Waals surface area contributed by atoms with E-state index in [1.807, 2.05) is 24.3 Å². The van der Waals surface area contributed by atoms with Gasteiger partial charge in [0, 0.05) is 0 Å². The van der Waals surface area contributed by atoms with Crippen LogP contribution in [0.15, 0.2) is 72.8 Å². The molecule has 4 rings (SSSR count). The Labute approximate surface area is 188 Å². The highest BCUT2D eigenvalue weighted by Gasteiger charge is 2.23. The maximum Gasteiger partial charge on any atom is 0.343 e. The topological polar surface area (TPSA) is 57.3 Å². The first kappa shape index (κ1) is 22.1. The molecule has 1 fully saturated rings. The molecule has 0 amide bonds. The monoisotopic (exact) mass is 432 g/mol. The quantitative estimate of drug-likeness (QED) is 0.174. The van der Waals surface area contributed by atoms with E-state index in [1.165, 1.54) is 12.0 Å². The number of carbonyl (C=O) groups excluding carboxylic acids is 1. The smallest absolute Gasteiger partial charge is 0.343 e. The van der Waals surface area contributed by atoms with Crippen LogP contribution < -0.4 is 9.47 Å². The van der Waals surface area contributed by atoms with Crippen LogP contribution in [0.5, 0.6) is 11.5 Å². The number of epoxide rings is 1. The summed E-state index contributed by atoms with van der Waals surface area (Å²) >= 11 is 0. The van der Waals surface area contributed by atoms with Gasteiger partial charge in [-0.25, -0.2) is 4.79 Å². The van der Waals surface area contributed by atoms with Crippen molar-refractivity contribution < 1.29 is 23.7 Å². The van der Waals surface area contributed by atoms with Gasteiger partial charge < -0.3 is 18.9 Å².